The van der Waals surface area contributed by atoms with E-state index in [0.717, 1.165) is 29.7 Å². The average Bonchev–Trinajstić information content (AvgIpc) is 3.71. The van der Waals surface area contributed by atoms with E-state index >= 15 is 0 Å². The minimum Gasteiger partial charge on any atom is -0.444 e. The molecule has 4 atom stereocenters. The first-order valence-corrected chi connectivity index (χ1v) is 20.5. The number of allylic oxidation sites excluding steroid dienone is 2. The first-order chi connectivity index (χ1) is 25.8. The molecule has 4 unspecified atom stereocenters. The SMILES string of the molecule is CCCC(C)(NC(=O)C1CC(OC(=O)N2Cc3cccc(F)c3C2)CN1C(=O)C(CCC(=O)C=C1CCC1)NC(=O)OC(C)(C)C)C(=O)NS(=O)(=O)C1CC1. The fourth-order valence-electron chi connectivity index (χ4n) is 6.91. The lowest BCUT2D eigenvalue weighted by Crippen LogP contribution is -2.62. The van der Waals surface area contributed by atoms with Crippen LogP contribution in [0.2, 0.25) is 0 Å². The molecule has 0 aromatic heterocycles. The van der Waals surface area contributed by atoms with Gasteiger partial charge in [-0.25, -0.2) is 22.4 Å². The maximum absolute atomic E-state index is 14.5. The van der Waals surface area contributed by atoms with Gasteiger partial charge in [-0.3, -0.25) is 28.8 Å². The minimum absolute atomic E-state index is 0.0412. The van der Waals surface area contributed by atoms with Crippen LogP contribution in [0.25, 0.3) is 0 Å². The Hall–Kier alpha value is -4.54. The van der Waals surface area contributed by atoms with Crippen LogP contribution in [0.4, 0.5) is 14.0 Å². The summed E-state index contributed by atoms with van der Waals surface area (Å²) in [7, 11) is -3.96. The van der Waals surface area contributed by atoms with E-state index in [1.54, 1.807) is 45.9 Å². The first-order valence-electron chi connectivity index (χ1n) is 18.9. The Kier molecular flexibility index (Phi) is 12.6. The molecule has 0 spiro atoms. The minimum atomic E-state index is -3.96. The smallest absolute Gasteiger partial charge is 0.410 e. The lowest BCUT2D eigenvalue weighted by atomic mass is 9.91. The molecule has 4 aliphatic rings. The van der Waals surface area contributed by atoms with Gasteiger partial charge >= 0.3 is 12.2 Å². The normalized spacial score (nSPS) is 21.0. The van der Waals surface area contributed by atoms with Crippen molar-refractivity contribution in [2.45, 2.75) is 146 Å². The summed E-state index contributed by atoms with van der Waals surface area (Å²) in [6, 6.07) is 1.85. The Balaban J connectivity index is 1.39. The molecule has 2 aliphatic carbocycles. The van der Waals surface area contributed by atoms with Crippen molar-refractivity contribution < 1.29 is 51.0 Å². The van der Waals surface area contributed by atoms with Gasteiger partial charge in [0.05, 0.1) is 18.3 Å². The van der Waals surface area contributed by atoms with E-state index in [-0.39, 0.29) is 51.1 Å². The van der Waals surface area contributed by atoms with E-state index in [9.17, 15) is 41.6 Å². The van der Waals surface area contributed by atoms with Gasteiger partial charge in [-0.05, 0) is 90.3 Å². The molecule has 15 nitrogen and oxygen atoms in total. The number of carbonyl (C=O) groups excluding carboxylic acids is 6. The molecular formula is C38H52FN5O10S. The van der Waals surface area contributed by atoms with Gasteiger partial charge in [0, 0.05) is 24.9 Å². The number of carbonyl (C=O) groups is 6. The summed E-state index contributed by atoms with van der Waals surface area (Å²) in [6.07, 6.45) is 2.20. The number of rotatable bonds is 14. The van der Waals surface area contributed by atoms with Crippen LogP contribution in [-0.4, -0.2) is 95.0 Å². The van der Waals surface area contributed by atoms with Crippen molar-refractivity contribution >= 4 is 45.7 Å². The standard InChI is InChI=1S/C38H52FN5O10S/c1-6-17-38(5,34(48)42-55(51,52)27-14-15-27)41-32(46)31-19-26(53-36(50)43-20-24-11-8-12-29(39)28(24)22-43)21-44(31)33(47)30(40-35(49)54-37(2,3)4)16-13-25(45)18-23-9-7-10-23/h8,11-12,18,26-27,30-31H,6-7,9-10,13-17,19-22H2,1-5H3,(H,40,49)(H,41,46)(H,42,48). The van der Waals surface area contributed by atoms with Crippen LogP contribution in [0, 0.1) is 5.82 Å². The summed E-state index contributed by atoms with van der Waals surface area (Å²) in [5.41, 5.74) is -0.656. The number of ether oxygens (including phenoxy) is 2. The van der Waals surface area contributed by atoms with Crippen molar-refractivity contribution in [1.29, 1.82) is 0 Å². The molecule has 5 amide bonds. The van der Waals surface area contributed by atoms with E-state index in [1.165, 1.54) is 17.9 Å². The Labute approximate surface area is 321 Å². The fraction of sp³-hybridized carbons (Fsp3) is 0.632. The number of halogens is 1. The zero-order valence-electron chi connectivity index (χ0n) is 32.1. The lowest BCUT2D eigenvalue weighted by Gasteiger charge is -2.33. The molecule has 2 saturated carbocycles. The molecule has 55 heavy (non-hydrogen) atoms. The number of likely N-dealkylation sites (tertiary alicyclic amines) is 1. The Morgan fingerprint density at radius 3 is 2.36 bits per heavy atom. The molecule has 2 aliphatic heterocycles. The van der Waals surface area contributed by atoms with Crippen molar-refractivity contribution in [1.82, 2.24) is 25.2 Å². The van der Waals surface area contributed by atoms with Gasteiger partial charge in [0.2, 0.25) is 21.8 Å². The predicted molar refractivity (Wildman–Crippen MR) is 197 cm³/mol. The highest BCUT2D eigenvalue weighted by molar-refractivity contribution is 7.91. The molecule has 3 N–H and O–H groups in total. The fourth-order valence-corrected chi connectivity index (χ4v) is 8.32. The van der Waals surface area contributed by atoms with Crippen LogP contribution in [0.1, 0.15) is 110 Å². The van der Waals surface area contributed by atoms with Crippen LogP contribution in [0.3, 0.4) is 0 Å². The van der Waals surface area contributed by atoms with Crippen LogP contribution >= 0.6 is 0 Å². The van der Waals surface area contributed by atoms with Gasteiger partial charge in [0.1, 0.15) is 35.1 Å². The molecule has 1 aromatic carbocycles. The first kappa shape index (κ1) is 41.6. The van der Waals surface area contributed by atoms with Crippen molar-refractivity contribution in [2.24, 2.45) is 0 Å². The number of fused-ring (bicyclic) bond motifs is 1. The number of amides is 5. The number of ketones is 1. The van der Waals surface area contributed by atoms with Crippen molar-refractivity contribution in [3.63, 3.8) is 0 Å². The van der Waals surface area contributed by atoms with Crippen LogP contribution in [0.15, 0.2) is 29.8 Å². The summed E-state index contributed by atoms with van der Waals surface area (Å²) in [6.45, 7) is 7.83. The van der Waals surface area contributed by atoms with Crippen LogP contribution in [0.5, 0.6) is 0 Å². The van der Waals surface area contributed by atoms with Crippen LogP contribution in [-0.2, 0) is 51.8 Å². The largest absolute Gasteiger partial charge is 0.444 e. The number of hydrogen-bond donors (Lipinski definition) is 3. The molecule has 3 fully saturated rings. The summed E-state index contributed by atoms with van der Waals surface area (Å²) in [5, 5.41) is 4.53. The third kappa shape index (κ3) is 10.6. The van der Waals surface area contributed by atoms with Crippen molar-refractivity contribution in [2.75, 3.05) is 6.54 Å². The highest BCUT2D eigenvalue weighted by Gasteiger charge is 2.48. The van der Waals surface area contributed by atoms with Gasteiger partial charge < -0.3 is 25.0 Å². The molecule has 17 heteroatoms. The molecule has 5 rings (SSSR count). The highest BCUT2D eigenvalue weighted by atomic mass is 32.2. The van der Waals surface area contributed by atoms with Gasteiger partial charge in [-0.15, -0.1) is 0 Å². The molecule has 1 aromatic rings. The van der Waals surface area contributed by atoms with E-state index in [4.69, 9.17) is 9.47 Å². The zero-order chi connectivity index (χ0) is 40.3. The van der Waals surface area contributed by atoms with E-state index in [1.807, 2.05) is 0 Å². The molecule has 1 saturated heterocycles. The Morgan fingerprint density at radius 2 is 1.76 bits per heavy atom. The number of benzene rings is 1. The summed E-state index contributed by atoms with van der Waals surface area (Å²) in [5.74, 6) is -3.21. The topological polar surface area (TPSA) is 198 Å². The van der Waals surface area contributed by atoms with Crippen molar-refractivity contribution in [3.05, 3.63) is 46.8 Å². The molecule has 302 valence electrons. The second-order valence-corrected chi connectivity index (χ2v) is 18.0. The van der Waals surface area contributed by atoms with Crippen LogP contribution < -0.4 is 15.4 Å². The zero-order valence-corrected chi connectivity index (χ0v) is 32.9. The maximum atomic E-state index is 14.5. The third-order valence-electron chi connectivity index (χ3n) is 10.2. The van der Waals surface area contributed by atoms with E-state index < -0.39 is 80.3 Å². The monoisotopic (exact) mass is 789 g/mol. The molecule has 0 radical (unpaired) electrons. The van der Waals surface area contributed by atoms with Gasteiger partial charge in [-0.1, -0.05) is 31.1 Å². The Morgan fingerprint density at radius 1 is 1.05 bits per heavy atom. The second-order valence-electron chi connectivity index (χ2n) is 16.1. The van der Waals surface area contributed by atoms with Gasteiger partial charge in [0.25, 0.3) is 5.91 Å². The summed E-state index contributed by atoms with van der Waals surface area (Å²) in [4.78, 5) is 83.7. The van der Waals surface area contributed by atoms with E-state index in [2.05, 4.69) is 15.4 Å². The van der Waals surface area contributed by atoms with Gasteiger partial charge in [-0.2, -0.15) is 0 Å². The van der Waals surface area contributed by atoms with Crippen molar-refractivity contribution in [3.8, 4) is 0 Å². The third-order valence-corrected chi connectivity index (χ3v) is 12.0. The lowest BCUT2D eigenvalue weighted by molar-refractivity contribution is -0.142. The summed E-state index contributed by atoms with van der Waals surface area (Å²) >= 11 is 0. The van der Waals surface area contributed by atoms with E-state index in [0.29, 0.717) is 30.4 Å². The number of hydrogen-bond acceptors (Lipinski definition) is 10. The highest BCUT2D eigenvalue weighted by Crippen LogP contribution is 2.31. The average molecular weight is 790 g/mol. The maximum Gasteiger partial charge on any atom is 0.410 e. The molecular weight excluding hydrogens is 738 g/mol. The number of sulfonamides is 1. The van der Waals surface area contributed by atoms with Gasteiger partial charge in [0.15, 0.2) is 5.78 Å². The number of nitrogens with zero attached hydrogens (tertiary/aromatic N) is 2. The number of nitrogens with one attached hydrogen (secondary N) is 3. The Bertz CT molecular complexity index is 1840. The summed E-state index contributed by atoms with van der Waals surface area (Å²) < 4.78 is 53.1. The second kappa shape index (κ2) is 16.7. The quantitative estimate of drug-likeness (QED) is 0.233. The predicted octanol–water partition coefficient (Wildman–Crippen LogP) is 3.88. The molecule has 2 heterocycles. The number of alkyl carbamates (subject to hydrolysis) is 1. The molecule has 0 bridgehead atoms.